The molecule has 0 aliphatic carbocycles. The zero-order valence-electron chi connectivity index (χ0n) is 4.11. The van der Waals surface area contributed by atoms with Crippen molar-refractivity contribution in [1.29, 1.82) is 0 Å². The summed E-state index contributed by atoms with van der Waals surface area (Å²) in [6.45, 7) is 2.00. The third-order valence-electron chi connectivity index (χ3n) is 0.434. The molecule has 42 valence electrons. The molecular weight excluding hydrogens is 221 g/mol. The molecular formula is C4H8INS. The molecule has 0 bridgehead atoms. The van der Waals surface area contributed by atoms with Crippen LogP contribution in [0.1, 0.15) is 6.92 Å². The van der Waals surface area contributed by atoms with E-state index in [0.29, 0.717) is 0 Å². The Morgan fingerprint density at radius 3 is 2.71 bits per heavy atom. The Kier molecular flexibility index (Phi) is 4.97. The Balaban J connectivity index is 3.49. The smallest absolute Gasteiger partial charge is 0.0557 e. The largest absolute Gasteiger partial charge is 0.332 e. The van der Waals surface area contributed by atoms with Crippen molar-refractivity contribution in [2.24, 2.45) is 0 Å². The molecule has 3 heteroatoms. The van der Waals surface area contributed by atoms with Crippen LogP contribution in [0, 0.1) is 0 Å². The maximum Gasteiger partial charge on any atom is 0.0557 e. The van der Waals surface area contributed by atoms with Gasteiger partial charge in [0, 0.05) is 5.70 Å². The fourth-order valence-corrected chi connectivity index (χ4v) is 0.902. The van der Waals surface area contributed by atoms with Gasteiger partial charge in [-0.15, -0.1) is 0 Å². The highest BCUT2D eigenvalue weighted by molar-refractivity contribution is 14.1. The van der Waals surface area contributed by atoms with Gasteiger partial charge in [-0.25, -0.2) is 0 Å². The van der Waals surface area contributed by atoms with Crippen LogP contribution in [0.5, 0.6) is 0 Å². The fraction of sp³-hybridized carbons (Fsp3) is 0.250. The van der Waals surface area contributed by atoms with Crippen molar-refractivity contribution in [3.8, 4) is 0 Å². The molecule has 0 aromatic heterocycles. The van der Waals surface area contributed by atoms with Crippen LogP contribution in [-0.2, 0) is 0 Å². The van der Waals surface area contributed by atoms with E-state index in [1.807, 2.05) is 12.3 Å². The molecule has 0 unspecified atom stereocenters. The van der Waals surface area contributed by atoms with Gasteiger partial charge in [0.1, 0.15) is 0 Å². The Hall–Kier alpha value is 0.490. The van der Waals surface area contributed by atoms with Gasteiger partial charge in [0.05, 0.1) is 22.9 Å². The second-order valence-electron chi connectivity index (χ2n) is 1.09. The summed E-state index contributed by atoms with van der Waals surface area (Å²) in [5.74, 6) is 3.63. The van der Waals surface area contributed by atoms with Crippen LogP contribution in [-0.4, -0.2) is 5.87 Å². The molecule has 0 radical (unpaired) electrons. The van der Waals surface area contributed by atoms with Gasteiger partial charge in [0.2, 0.25) is 0 Å². The summed E-state index contributed by atoms with van der Waals surface area (Å²) in [6, 6.07) is 0. The maximum absolute atomic E-state index is 3.63. The predicted molar refractivity (Wildman–Crippen MR) is 47.0 cm³/mol. The van der Waals surface area contributed by atoms with Gasteiger partial charge in [-0.2, -0.15) is 11.4 Å². The lowest BCUT2D eigenvalue weighted by Crippen LogP contribution is -1.88. The Labute approximate surface area is 61.6 Å². The highest BCUT2D eigenvalue weighted by atomic mass is 127. The van der Waals surface area contributed by atoms with Crippen LogP contribution < -0.4 is 3.53 Å². The van der Waals surface area contributed by atoms with Crippen molar-refractivity contribution in [1.82, 2.24) is 3.53 Å². The molecule has 0 aromatic rings. The first kappa shape index (κ1) is 7.49. The molecule has 7 heavy (non-hydrogen) atoms. The molecule has 0 aliphatic rings. The van der Waals surface area contributed by atoms with E-state index in [0.717, 1.165) is 17.0 Å². The highest BCUT2D eigenvalue weighted by Crippen LogP contribution is 1.93. The van der Waals surface area contributed by atoms with E-state index in [1.165, 1.54) is 0 Å². The van der Waals surface area contributed by atoms with Gasteiger partial charge < -0.3 is 3.53 Å². The number of thiol groups is 1. The van der Waals surface area contributed by atoms with Gasteiger partial charge in [-0.3, -0.25) is 0 Å². The minimum Gasteiger partial charge on any atom is -0.332 e. The lowest BCUT2D eigenvalue weighted by atomic mass is 10.6. The molecule has 1 N–H and O–H groups in total. The van der Waals surface area contributed by atoms with Crippen molar-refractivity contribution < 1.29 is 0 Å². The SMILES string of the molecule is C=[SH]/C=C(/C)NI. The highest BCUT2D eigenvalue weighted by Gasteiger charge is 1.73. The molecule has 0 aliphatic heterocycles. The summed E-state index contributed by atoms with van der Waals surface area (Å²) in [4.78, 5) is 0. The van der Waals surface area contributed by atoms with Crippen molar-refractivity contribution in [3.63, 3.8) is 0 Å². The topological polar surface area (TPSA) is 12.0 Å². The standard InChI is InChI=1S/C4H8INS/c1-4(6-5)3-7-2/h3,6-7H,2H2,1H3/b4-3-. The van der Waals surface area contributed by atoms with Crippen LogP contribution in [0.3, 0.4) is 0 Å². The molecule has 0 saturated heterocycles. The molecule has 0 atom stereocenters. The summed E-state index contributed by atoms with van der Waals surface area (Å²) in [5, 5.41) is 2.01. The Morgan fingerprint density at radius 1 is 2.00 bits per heavy atom. The molecule has 1 nitrogen and oxygen atoms in total. The Morgan fingerprint density at radius 2 is 2.57 bits per heavy atom. The average molecular weight is 229 g/mol. The van der Waals surface area contributed by atoms with Crippen LogP contribution in [0.2, 0.25) is 0 Å². The van der Waals surface area contributed by atoms with Crippen LogP contribution in [0.25, 0.3) is 0 Å². The van der Waals surface area contributed by atoms with Gasteiger partial charge in [-0.05, 0) is 12.3 Å². The summed E-state index contributed by atoms with van der Waals surface area (Å²) in [6.07, 6.45) is 0. The summed E-state index contributed by atoms with van der Waals surface area (Å²) >= 11 is 3.15. The fourth-order valence-electron chi connectivity index (χ4n) is 0.161. The van der Waals surface area contributed by atoms with E-state index in [9.17, 15) is 0 Å². The molecule has 0 amide bonds. The van der Waals surface area contributed by atoms with E-state index < -0.39 is 0 Å². The normalized spacial score (nSPS) is 11.4. The summed E-state index contributed by atoms with van der Waals surface area (Å²) in [5.41, 5.74) is 1.16. The second-order valence-corrected chi connectivity index (χ2v) is 2.25. The molecule has 0 saturated carbocycles. The Bertz CT molecular complexity index is 89.7. The number of hydrogen-bond donors (Lipinski definition) is 2. The molecule has 0 fully saturated rings. The monoisotopic (exact) mass is 229 g/mol. The number of hydrogen-bond acceptors (Lipinski definition) is 1. The first-order valence-electron chi connectivity index (χ1n) is 1.80. The minimum atomic E-state index is 1.06. The van der Waals surface area contributed by atoms with Crippen LogP contribution >= 0.6 is 34.2 Å². The van der Waals surface area contributed by atoms with Gasteiger partial charge in [0.15, 0.2) is 0 Å². The van der Waals surface area contributed by atoms with Crippen molar-refractivity contribution >= 4 is 40.1 Å². The molecule has 0 spiro atoms. The van der Waals surface area contributed by atoms with E-state index in [2.05, 4.69) is 32.3 Å². The van der Waals surface area contributed by atoms with Gasteiger partial charge in [0.25, 0.3) is 0 Å². The number of halogens is 1. The maximum atomic E-state index is 3.63. The third-order valence-corrected chi connectivity index (χ3v) is 1.85. The van der Waals surface area contributed by atoms with Gasteiger partial charge in [-0.1, -0.05) is 5.87 Å². The predicted octanol–water partition coefficient (Wildman–Crippen LogP) is 1.68. The molecule has 0 heterocycles. The third kappa shape index (κ3) is 4.34. The first-order chi connectivity index (χ1) is 3.31. The molecule has 0 aromatic carbocycles. The van der Waals surface area contributed by atoms with E-state index >= 15 is 0 Å². The second kappa shape index (κ2) is 4.64. The molecule has 0 rings (SSSR count). The van der Waals surface area contributed by atoms with Crippen molar-refractivity contribution in [2.45, 2.75) is 6.92 Å². The number of allylic oxidation sites excluding steroid dienone is 1. The van der Waals surface area contributed by atoms with Gasteiger partial charge >= 0.3 is 0 Å². The zero-order chi connectivity index (χ0) is 5.70. The first-order valence-corrected chi connectivity index (χ1v) is 4.03. The van der Waals surface area contributed by atoms with E-state index in [-0.39, 0.29) is 0 Å². The average Bonchev–Trinajstić information content (AvgIpc) is 1.68. The van der Waals surface area contributed by atoms with Crippen LogP contribution in [0.15, 0.2) is 11.1 Å². The summed E-state index contributed by atoms with van der Waals surface area (Å²) < 4.78 is 2.95. The van der Waals surface area contributed by atoms with E-state index in [4.69, 9.17) is 0 Å². The van der Waals surface area contributed by atoms with E-state index in [1.54, 1.807) is 0 Å². The lowest BCUT2D eigenvalue weighted by Gasteiger charge is -1.89. The summed E-state index contributed by atoms with van der Waals surface area (Å²) in [7, 11) is 0. The van der Waals surface area contributed by atoms with Crippen molar-refractivity contribution in [2.75, 3.05) is 0 Å². The number of rotatable bonds is 2. The lowest BCUT2D eigenvalue weighted by molar-refractivity contribution is 1.26. The van der Waals surface area contributed by atoms with Crippen molar-refractivity contribution in [3.05, 3.63) is 11.1 Å². The zero-order valence-corrected chi connectivity index (χ0v) is 7.16. The number of nitrogens with one attached hydrogen (secondary N) is 1. The van der Waals surface area contributed by atoms with Crippen LogP contribution in [0.4, 0.5) is 0 Å². The quantitative estimate of drug-likeness (QED) is 0.318. The minimum absolute atomic E-state index is 1.06.